The maximum absolute atomic E-state index is 12.7. The van der Waals surface area contributed by atoms with Crippen LogP contribution in [0.25, 0.3) is 10.8 Å². The number of halogens is 3. The molecule has 12 nitrogen and oxygen atoms in total. The third kappa shape index (κ3) is 7.85. The predicted octanol–water partition coefficient (Wildman–Crippen LogP) is 2.87. The lowest BCUT2D eigenvalue weighted by molar-refractivity contribution is -0.254. The third-order valence-corrected chi connectivity index (χ3v) is 6.62. The maximum atomic E-state index is 12.7. The van der Waals surface area contributed by atoms with E-state index >= 15 is 0 Å². The van der Waals surface area contributed by atoms with Crippen molar-refractivity contribution < 1.29 is 68.6 Å². The van der Waals surface area contributed by atoms with Crippen LogP contribution in [0.3, 0.4) is 0 Å². The Hall–Kier alpha value is -3.92. The molecule has 1 heterocycles. The molecule has 2 aromatic carbocycles. The second kappa shape index (κ2) is 12.3. The SMILES string of the molecule is CC(=O)OC[C@H]1O[C@H](c2ccc3cc(OS(=O)(=O)C(F)(F)F)ccc3c2)[C@@H](OC(C)=O)[C@@H](OC(C)=O)[C@@H]1OC(C)=O. The number of alkyl halides is 3. The van der Waals surface area contributed by atoms with Crippen molar-refractivity contribution in [3.63, 3.8) is 0 Å². The molecule has 1 fully saturated rings. The number of hydrogen-bond donors (Lipinski definition) is 0. The Morgan fingerprint density at radius 3 is 1.88 bits per heavy atom. The molecule has 2 aromatic rings. The monoisotopic (exact) mass is 606 g/mol. The van der Waals surface area contributed by atoms with E-state index in [4.69, 9.17) is 23.7 Å². The second-order valence-corrected chi connectivity index (χ2v) is 10.4. The average Bonchev–Trinajstić information content (AvgIpc) is 2.83. The fourth-order valence-electron chi connectivity index (χ4n) is 4.14. The number of fused-ring (bicyclic) bond motifs is 1. The number of rotatable bonds is 8. The van der Waals surface area contributed by atoms with Gasteiger partial charge >= 0.3 is 39.5 Å². The van der Waals surface area contributed by atoms with Gasteiger partial charge in [0, 0.05) is 27.7 Å². The van der Waals surface area contributed by atoms with E-state index in [0.29, 0.717) is 10.9 Å². The van der Waals surface area contributed by atoms with Gasteiger partial charge in [-0.1, -0.05) is 18.2 Å². The topological polar surface area (TPSA) is 158 Å². The summed E-state index contributed by atoms with van der Waals surface area (Å²) in [4.78, 5) is 47.4. The smallest absolute Gasteiger partial charge is 0.463 e. The van der Waals surface area contributed by atoms with E-state index in [1.807, 2.05) is 0 Å². The van der Waals surface area contributed by atoms with Crippen molar-refractivity contribution >= 4 is 44.8 Å². The van der Waals surface area contributed by atoms with E-state index in [2.05, 4.69) is 4.18 Å². The van der Waals surface area contributed by atoms with Crippen molar-refractivity contribution in [3.05, 3.63) is 42.0 Å². The molecule has 0 spiro atoms. The van der Waals surface area contributed by atoms with E-state index < -0.39 is 82.4 Å². The lowest BCUT2D eigenvalue weighted by atomic mass is 9.89. The van der Waals surface area contributed by atoms with Crippen LogP contribution in [-0.4, -0.2) is 68.8 Å². The molecule has 5 atom stereocenters. The summed E-state index contributed by atoms with van der Waals surface area (Å²) in [5.41, 5.74) is -5.31. The molecule has 0 N–H and O–H groups in total. The molecule has 0 unspecified atom stereocenters. The molecule has 1 saturated heterocycles. The molecule has 3 rings (SSSR count). The van der Waals surface area contributed by atoms with Gasteiger partial charge in [0.1, 0.15) is 24.6 Å². The van der Waals surface area contributed by atoms with Gasteiger partial charge in [-0.25, -0.2) is 0 Å². The Morgan fingerprint density at radius 2 is 1.32 bits per heavy atom. The van der Waals surface area contributed by atoms with Crippen LogP contribution in [-0.2, 0) is 53.0 Å². The van der Waals surface area contributed by atoms with Crippen LogP contribution < -0.4 is 4.18 Å². The molecule has 16 heteroatoms. The van der Waals surface area contributed by atoms with E-state index in [-0.39, 0.29) is 5.39 Å². The standard InChI is InChI=1S/C25H25F3O12S/c1-12(29)35-11-20-22(36-13(2)30)24(38-15(4)32)23(37-14(3)31)21(39-20)18-6-5-17-10-19(8-7-16(17)9-18)40-41(33,34)25(26,27)28/h5-10,20-24H,11H2,1-4H3/t20-,21-,22-,23-,24+/m1/s1. The van der Waals surface area contributed by atoms with Gasteiger partial charge in [0.25, 0.3) is 0 Å². The first-order valence-corrected chi connectivity index (χ1v) is 13.2. The van der Waals surface area contributed by atoms with Crippen molar-refractivity contribution in [1.82, 2.24) is 0 Å². The summed E-state index contributed by atoms with van der Waals surface area (Å²) in [5.74, 6) is -3.67. The fraction of sp³-hybridized carbons (Fsp3) is 0.440. The highest BCUT2D eigenvalue weighted by Gasteiger charge is 2.52. The zero-order valence-electron chi connectivity index (χ0n) is 22.0. The highest BCUT2D eigenvalue weighted by molar-refractivity contribution is 7.88. The number of carbonyl (C=O) groups excluding carboxylic acids is 4. The first kappa shape index (κ1) is 31.6. The summed E-state index contributed by atoms with van der Waals surface area (Å²) in [7, 11) is -5.89. The lowest BCUT2D eigenvalue weighted by Gasteiger charge is -2.44. The Kier molecular flexibility index (Phi) is 9.48. The number of carbonyl (C=O) groups is 4. The Morgan fingerprint density at radius 1 is 0.780 bits per heavy atom. The molecule has 41 heavy (non-hydrogen) atoms. The van der Waals surface area contributed by atoms with Gasteiger partial charge in [-0.05, 0) is 34.5 Å². The molecule has 0 radical (unpaired) electrons. The Labute approximate surface area is 231 Å². The molecule has 0 saturated carbocycles. The van der Waals surface area contributed by atoms with Crippen LogP contribution in [0, 0.1) is 0 Å². The van der Waals surface area contributed by atoms with Crippen LogP contribution in [0.5, 0.6) is 5.75 Å². The predicted molar refractivity (Wildman–Crippen MR) is 130 cm³/mol. The van der Waals surface area contributed by atoms with Crippen LogP contribution in [0.4, 0.5) is 13.2 Å². The van der Waals surface area contributed by atoms with Crippen LogP contribution >= 0.6 is 0 Å². The Bertz CT molecular complexity index is 1440. The van der Waals surface area contributed by atoms with Crippen LogP contribution in [0.2, 0.25) is 0 Å². The zero-order valence-corrected chi connectivity index (χ0v) is 22.8. The number of esters is 4. The largest absolute Gasteiger partial charge is 0.534 e. The molecular formula is C25H25F3O12S. The van der Waals surface area contributed by atoms with Crippen molar-refractivity contribution in [2.24, 2.45) is 0 Å². The third-order valence-electron chi connectivity index (χ3n) is 5.64. The second-order valence-electron chi connectivity index (χ2n) is 8.87. The number of benzene rings is 2. The molecule has 0 bridgehead atoms. The minimum atomic E-state index is -5.89. The van der Waals surface area contributed by atoms with E-state index in [9.17, 15) is 40.8 Å². The van der Waals surface area contributed by atoms with E-state index in [1.165, 1.54) is 24.3 Å². The van der Waals surface area contributed by atoms with Gasteiger partial charge in [-0.2, -0.15) is 21.6 Å². The van der Waals surface area contributed by atoms with Gasteiger partial charge in [-0.15, -0.1) is 0 Å². The van der Waals surface area contributed by atoms with E-state index in [1.54, 1.807) is 0 Å². The summed E-state index contributed by atoms with van der Waals surface area (Å²) in [6, 6.07) is 7.69. The van der Waals surface area contributed by atoms with Crippen molar-refractivity contribution in [1.29, 1.82) is 0 Å². The summed E-state index contributed by atoms with van der Waals surface area (Å²) >= 11 is 0. The normalized spacial score (nSPS) is 22.9. The van der Waals surface area contributed by atoms with Crippen molar-refractivity contribution in [3.8, 4) is 5.75 Å². The molecule has 224 valence electrons. The summed E-state index contributed by atoms with van der Waals surface area (Å²) in [5, 5.41) is 0.654. The van der Waals surface area contributed by atoms with Gasteiger partial charge < -0.3 is 27.9 Å². The summed E-state index contributed by atoms with van der Waals surface area (Å²) < 4.78 is 92.3. The van der Waals surface area contributed by atoms with Gasteiger partial charge in [-0.3, -0.25) is 19.2 Å². The van der Waals surface area contributed by atoms with Crippen LogP contribution in [0.15, 0.2) is 36.4 Å². The Balaban J connectivity index is 2.06. The molecule has 1 aliphatic rings. The molecular weight excluding hydrogens is 581 g/mol. The minimum Gasteiger partial charge on any atom is -0.463 e. The number of hydrogen-bond acceptors (Lipinski definition) is 12. The highest BCUT2D eigenvalue weighted by atomic mass is 32.2. The quantitative estimate of drug-likeness (QED) is 0.188. The summed E-state index contributed by atoms with van der Waals surface area (Å²) in [6.07, 6.45) is -6.51. The maximum Gasteiger partial charge on any atom is 0.534 e. The molecule has 0 amide bonds. The zero-order chi connectivity index (χ0) is 30.7. The van der Waals surface area contributed by atoms with Gasteiger partial charge in [0.05, 0.1) is 0 Å². The van der Waals surface area contributed by atoms with Crippen LogP contribution in [0.1, 0.15) is 39.4 Å². The van der Waals surface area contributed by atoms with Gasteiger partial charge in [0.2, 0.25) is 0 Å². The molecule has 1 aliphatic heterocycles. The van der Waals surface area contributed by atoms with Crippen molar-refractivity contribution in [2.75, 3.05) is 6.61 Å². The van der Waals surface area contributed by atoms with Crippen molar-refractivity contribution in [2.45, 2.75) is 63.7 Å². The highest BCUT2D eigenvalue weighted by Crippen LogP contribution is 2.39. The molecule has 0 aromatic heterocycles. The van der Waals surface area contributed by atoms with Gasteiger partial charge in [0.15, 0.2) is 18.3 Å². The fourth-order valence-corrected chi connectivity index (χ4v) is 4.59. The molecule has 0 aliphatic carbocycles. The minimum absolute atomic E-state index is 0.272. The number of ether oxygens (including phenoxy) is 5. The summed E-state index contributed by atoms with van der Waals surface area (Å²) in [6.45, 7) is 3.95. The lowest BCUT2D eigenvalue weighted by Crippen LogP contribution is -2.59. The first-order valence-electron chi connectivity index (χ1n) is 11.8. The average molecular weight is 607 g/mol. The first-order chi connectivity index (χ1) is 19.0. The van der Waals surface area contributed by atoms with E-state index in [0.717, 1.165) is 39.8 Å².